The molecule has 3 nitrogen and oxygen atoms in total. The van der Waals surface area contributed by atoms with E-state index in [-0.39, 0.29) is 11.9 Å². The number of hydrogen-bond donors (Lipinski definition) is 1. The third-order valence-electron chi connectivity index (χ3n) is 3.23. The van der Waals surface area contributed by atoms with Crippen molar-refractivity contribution < 1.29 is 4.39 Å². The maximum atomic E-state index is 13.5. The second-order valence-corrected chi connectivity index (χ2v) is 5.56. The van der Waals surface area contributed by atoms with E-state index in [1.54, 1.807) is 6.07 Å². The van der Waals surface area contributed by atoms with Gasteiger partial charge in [-0.05, 0) is 59.0 Å². The Morgan fingerprint density at radius 2 is 2.10 bits per heavy atom. The Morgan fingerprint density at radius 1 is 1.35 bits per heavy atom. The summed E-state index contributed by atoms with van der Waals surface area (Å²) in [6.45, 7) is 3.91. The summed E-state index contributed by atoms with van der Waals surface area (Å²) in [5.41, 5.74) is 9.86. The summed E-state index contributed by atoms with van der Waals surface area (Å²) in [6.07, 6.45) is 1.33. The van der Waals surface area contributed by atoms with Gasteiger partial charge in [-0.25, -0.2) is 4.39 Å². The molecule has 0 spiro atoms. The number of aromatic nitrogens is 2. The summed E-state index contributed by atoms with van der Waals surface area (Å²) < 4.78 is 14.0. The minimum Gasteiger partial charge on any atom is -0.324 e. The summed E-state index contributed by atoms with van der Waals surface area (Å²) in [6, 6.07) is 6.73. The highest BCUT2D eigenvalue weighted by molar-refractivity contribution is 9.10. The number of nitrogens with two attached hydrogens (primary N) is 1. The molecule has 1 heterocycles. The van der Waals surface area contributed by atoms with Crippen LogP contribution in [0.15, 0.2) is 28.7 Å². The molecule has 0 aliphatic carbocycles. The van der Waals surface area contributed by atoms with Crippen LogP contribution in [-0.2, 0) is 12.8 Å². The third-order valence-corrected chi connectivity index (χ3v) is 4.12. The largest absolute Gasteiger partial charge is 0.324 e. The summed E-state index contributed by atoms with van der Waals surface area (Å²) in [5.74, 6) is -0.269. The van der Waals surface area contributed by atoms with Crippen molar-refractivity contribution >= 4 is 15.9 Å². The van der Waals surface area contributed by atoms with Gasteiger partial charge in [-0.1, -0.05) is 19.1 Å². The zero-order valence-corrected chi connectivity index (χ0v) is 13.1. The van der Waals surface area contributed by atoms with E-state index in [9.17, 15) is 4.39 Å². The number of rotatable bonds is 4. The van der Waals surface area contributed by atoms with E-state index >= 15 is 0 Å². The van der Waals surface area contributed by atoms with Gasteiger partial charge in [0.05, 0.1) is 15.9 Å². The SMILES string of the molecule is CCc1nnc(C)cc1C(N)Cc1cccc(F)c1Br. The smallest absolute Gasteiger partial charge is 0.137 e. The third kappa shape index (κ3) is 3.22. The first-order valence-corrected chi connectivity index (χ1v) is 7.33. The summed E-state index contributed by atoms with van der Waals surface area (Å²) in [7, 11) is 0. The molecule has 1 aromatic carbocycles. The number of nitrogens with zero attached hydrogens (tertiary/aromatic N) is 2. The fourth-order valence-electron chi connectivity index (χ4n) is 2.18. The van der Waals surface area contributed by atoms with Crippen molar-refractivity contribution in [1.29, 1.82) is 0 Å². The van der Waals surface area contributed by atoms with Crippen molar-refractivity contribution in [2.24, 2.45) is 5.73 Å². The number of aryl methyl sites for hydroxylation is 2. The highest BCUT2D eigenvalue weighted by Crippen LogP contribution is 2.26. The van der Waals surface area contributed by atoms with E-state index in [2.05, 4.69) is 26.1 Å². The lowest BCUT2D eigenvalue weighted by molar-refractivity contribution is 0.613. The Bertz CT molecular complexity index is 616. The lowest BCUT2D eigenvalue weighted by Crippen LogP contribution is -2.17. The van der Waals surface area contributed by atoms with Crippen LogP contribution in [-0.4, -0.2) is 10.2 Å². The highest BCUT2D eigenvalue weighted by atomic mass is 79.9. The molecule has 2 aromatic rings. The van der Waals surface area contributed by atoms with Crippen LogP contribution >= 0.6 is 15.9 Å². The molecule has 1 aromatic heterocycles. The molecule has 1 atom stereocenters. The molecule has 0 fully saturated rings. The van der Waals surface area contributed by atoms with Crippen LogP contribution in [0.1, 0.15) is 35.5 Å². The molecule has 20 heavy (non-hydrogen) atoms. The van der Waals surface area contributed by atoms with Crippen molar-refractivity contribution in [2.75, 3.05) is 0 Å². The Labute approximate surface area is 126 Å². The van der Waals surface area contributed by atoms with Crippen LogP contribution < -0.4 is 5.73 Å². The molecule has 0 aliphatic rings. The predicted octanol–water partition coefficient (Wildman–Crippen LogP) is 3.49. The zero-order chi connectivity index (χ0) is 14.7. The van der Waals surface area contributed by atoms with Gasteiger partial charge in [0, 0.05) is 6.04 Å². The normalized spacial score (nSPS) is 12.4. The minimum atomic E-state index is -0.269. The fourth-order valence-corrected chi connectivity index (χ4v) is 2.61. The van der Waals surface area contributed by atoms with Gasteiger partial charge in [0.1, 0.15) is 5.82 Å². The minimum absolute atomic E-state index is 0.225. The van der Waals surface area contributed by atoms with E-state index in [1.165, 1.54) is 6.07 Å². The van der Waals surface area contributed by atoms with Crippen molar-refractivity contribution in [1.82, 2.24) is 10.2 Å². The maximum absolute atomic E-state index is 13.5. The van der Waals surface area contributed by atoms with Crippen molar-refractivity contribution in [2.45, 2.75) is 32.7 Å². The molecule has 106 valence electrons. The van der Waals surface area contributed by atoms with Crippen molar-refractivity contribution in [3.63, 3.8) is 0 Å². The van der Waals surface area contributed by atoms with Crippen LogP contribution in [0.4, 0.5) is 4.39 Å². The lowest BCUT2D eigenvalue weighted by Gasteiger charge is -2.16. The van der Waals surface area contributed by atoms with Crippen LogP contribution in [0.2, 0.25) is 0 Å². The van der Waals surface area contributed by atoms with Crippen LogP contribution in [0.25, 0.3) is 0 Å². The predicted molar refractivity (Wildman–Crippen MR) is 80.9 cm³/mol. The van der Waals surface area contributed by atoms with Crippen molar-refractivity contribution in [3.8, 4) is 0 Å². The van der Waals surface area contributed by atoms with Gasteiger partial charge >= 0.3 is 0 Å². The molecule has 2 N–H and O–H groups in total. The Hall–Kier alpha value is -1.33. The first-order valence-electron chi connectivity index (χ1n) is 6.54. The first kappa shape index (κ1) is 15.1. The summed E-state index contributed by atoms with van der Waals surface area (Å²) in [4.78, 5) is 0. The van der Waals surface area contributed by atoms with Gasteiger partial charge < -0.3 is 5.73 Å². The zero-order valence-electron chi connectivity index (χ0n) is 11.5. The average Bonchev–Trinajstić information content (AvgIpc) is 2.43. The average molecular weight is 338 g/mol. The molecule has 0 radical (unpaired) electrons. The lowest BCUT2D eigenvalue weighted by atomic mass is 9.97. The number of benzene rings is 1. The maximum Gasteiger partial charge on any atom is 0.137 e. The van der Waals surface area contributed by atoms with Gasteiger partial charge in [0.15, 0.2) is 0 Å². The standard InChI is InChI=1S/C15H17BrFN3/c1-3-14-11(7-9(2)19-20-14)13(18)8-10-5-4-6-12(17)15(10)16/h4-7,13H,3,8,18H2,1-2H3. The molecule has 2 rings (SSSR count). The van der Waals surface area contributed by atoms with Crippen LogP contribution in [0.3, 0.4) is 0 Å². The number of halogens is 2. The second kappa shape index (κ2) is 6.41. The van der Waals surface area contributed by atoms with Gasteiger partial charge in [-0.15, -0.1) is 0 Å². The van der Waals surface area contributed by atoms with Crippen LogP contribution in [0.5, 0.6) is 0 Å². The Kier molecular flexibility index (Phi) is 4.83. The topological polar surface area (TPSA) is 51.8 Å². The molecule has 0 aliphatic heterocycles. The molecule has 0 saturated heterocycles. The molecule has 1 unspecified atom stereocenters. The summed E-state index contributed by atoms with van der Waals surface area (Å²) >= 11 is 3.27. The van der Waals surface area contributed by atoms with Crippen LogP contribution in [0, 0.1) is 12.7 Å². The fraction of sp³-hybridized carbons (Fsp3) is 0.333. The van der Waals surface area contributed by atoms with E-state index in [0.29, 0.717) is 10.9 Å². The quantitative estimate of drug-likeness (QED) is 0.928. The second-order valence-electron chi connectivity index (χ2n) is 4.76. The molecular weight excluding hydrogens is 321 g/mol. The van der Waals surface area contributed by atoms with E-state index in [0.717, 1.165) is 28.9 Å². The van der Waals surface area contributed by atoms with Gasteiger partial charge in [-0.3, -0.25) is 0 Å². The van der Waals surface area contributed by atoms with E-state index in [1.807, 2.05) is 26.0 Å². The van der Waals surface area contributed by atoms with E-state index < -0.39 is 0 Å². The molecule has 0 bridgehead atoms. The Morgan fingerprint density at radius 3 is 2.80 bits per heavy atom. The molecule has 0 amide bonds. The Balaban J connectivity index is 2.30. The highest BCUT2D eigenvalue weighted by Gasteiger charge is 2.15. The summed E-state index contributed by atoms with van der Waals surface area (Å²) in [5, 5.41) is 8.24. The monoisotopic (exact) mass is 337 g/mol. The molecular formula is C15H17BrFN3. The molecule has 0 saturated carbocycles. The van der Waals surface area contributed by atoms with Gasteiger partial charge in [0.25, 0.3) is 0 Å². The number of hydrogen-bond acceptors (Lipinski definition) is 3. The van der Waals surface area contributed by atoms with Gasteiger partial charge in [-0.2, -0.15) is 10.2 Å². The molecule has 5 heteroatoms. The van der Waals surface area contributed by atoms with Gasteiger partial charge in [0.2, 0.25) is 0 Å². The van der Waals surface area contributed by atoms with Crippen molar-refractivity contribution in [3.05, 3.63) is 57.1 Å². The van der Waals surface area contributed by atoms with E-state index in [4.69, 9.17) is 5.73 Å². The first-order chi connectivity index (χ1) is 9.52.